The topological polar surface area (TPSA) is 104 Å². The molecule has 0 spiro atoms. The van der Waals surface area contributed by atoms with E-state index in [1.165, 1.54) is 40.8 Å². The first kappa shape index (κ1) is 21.3. The molecular formula is C20H26N4O6. The summed E-state index contributed by atoms with van der Waals surface area (Å²) in [6.45, 7) is 1.05. The summed E-state index contributed by atoms with van der Waals surface area (Å²) in [5.74, 6) is 2.13. The molecule has 1 fully saturated rings. The van der Waals surface area contributed by atoms with Gasteiger partial charge in [-0.1, -0.05) is 0 Å². The molecule has 0 bridgehead atoms. The van der Waals surface area contributed by atoms with Gasteiger partial charge in [0.2, 0.25) is 17.5 Å². The summed E-state index contributed by atoms with van der Waals surface area (Å²) in [5, 5.41) is 2.88. The molecule has 0 saturated carbocycles. The molecule has 1 N–H and O–H groups in total. The number of nitrogens with zero attached hydrogens (tertiary/aromatic N) is 3. The quantitative estimate of drug-likeness (QED) is 0.732. The first-order chi connectivity index (χ1) is 14.6. The van der Waals surface area contributed by atoms with Crippen molar-refractivity contribution in [3.05, 3.63) is 24.5 Å². The monoisotopic (exact) mass is 418 g/mol. The molecule has 2 amide bonds. The van der Waals surface area contributed by atoms with Gasteiger partial charge in [-0.2, -0.15) is 4.98 Å². The summed E-state index contributed by atoms with van der Waals surface area (Å²) in [6, 6.07) is 3.13. The molecule has 1 aromatic carbocycles. The zero-order valence-corrected chi connectivity index (χ0v) is 17.5. The van der Waals surface area contributed by atoms with Crippen LogP contribution in [0.5, 0.6) is 29.0 Å². The smallest absolute Gasteiger partial charge is 0.321 e. The van der Waals surface area contributed by atoms with E-state index in [0.29, 0.717) is 47.8 Å². The molecule has 1 unspecified atom stereocenters. The number of methoxy groups -OCH3 is 4. The fourth-order valence-corrected chi connectivity index (χ4v) is 3.23. The third-order valence-electron chi connectivity index (χ3n) is 4.67. The van der Waals surface area contributed by atoms with E-state index in [9.17, 15) is 4.79 Å². The second kappa shape index (κ2) is 9.86. The molecule has 162 valence electrons. The van der Waals surface area contributed by atoms with Crippen LogP contribution in [-0.2, 0) is 0 Å². The van der Waals surface area contributed by atoms with Gasteiger partial charge in [-0.05, 0) is 12.8 Å². The summed E-state index contributed by atoms with van der Waals surface area (Å²) in [5.41, 5.74) is 0.538. The number of nitrogens with one attached hydrogen (secondary N) is 1. The zero-order valence-electron chi connectivity index (χ0n) is 17.5. The molecule has 1 aliphatic rings. The lowest BCUT2D eigenvalue weighted by molar-refractivity contribution is 0.101. The van der Waals surface area contributed by atoms with Crippen LogP contribution in [0.3, 0.4) is 0 Å². The van der Waals surface area contributed by atoms with Gasteiger partial charge in [-0.15, -0.1) is 0 Å². The standard InChI is InChI=1S/C20H26N4O6/c1-26-15-8-13(9-16(27-2)19(15)29-4)22-20(25)24-7-5-6-14(12-24)30-18-11-21-10-17(23-18)28-3/h8-11,14H,5-7,12H2,1-4H3,(H,22,25). The molecular weight excluding hydrogens is 392 g/mol. The van der Waals surface area contributed by atoms with E-state index in [1.807, 2.05) is 0 Å². The molecule has 1 saturated heterocycles. The number of carbonyl (C=O) groups is 1. The Kier molecular flexibility index (Phi) is 6.99. The molecule has 30 heavy (non-hydrogen) atoms. The van der Waals surface area contributed by atoms with Crippen molar-refractivity contribution < 1.29 is 28.5 Å². The van der Waals surface area contributed by atoms with Crippen molar-refractivity contribution in [2.45, 2.75) is 18.9 Å². The lowest BCUT2D eigenvalue weighted by atomic mass is 10.1. The van der Waals surface area contributed by atoms with Gasteiger partial charge in [-0.25, -0.2) is 4.79 Å². The maximum atomic E-state index is 12.8. The Morgan fingerprint density at radius 2 is 1.73 bits per heavy atom. The Bertz CT molecular complexity index is 853. The Balaban J connectivity index is 1.66. The largest absolute Gasteiger partial charge is 0.493 e. The summed E-state index contributed by atoms with van der Waals surface area (Å²) in [4.78, 5) is 22.8. The fraction of sp³-hybridized carbons (Fsp3) is 0.450. The van der Waals surface area contributed by atoms with Crippen LogP contribution in [0, 0.1) is 0 Å². The maximum absolute atomic E-state index is 12.8. The van der Waals surface area contributed by atoms with Gasteiger partial charge in [0.05, 0.1) is 53.1 Å². The highest BCUT2D eigenvalue weighted by Gasteiger charge is 2.26. The van der Waals surface area contributed by atoms with E-state index in [0.717, 1.165) is 12.8 Å². The van der Waals surface area contributed by atoms with E-state index < -0.39 is 0 Å². The van der Waals surface area contributed by atoms with Crippen LogP contribution in [0.2, 0.25) is 0 Å². The second-order valence-corrected chi connectivity index (χ2v) is 6.57. The number of hydrogen-bond acceptors (Lipinski definition) is 8. The molecule has 3 rings (SSSR count). The molecule has 1 aliphatic heterocycles. The lowest BCUT2D eigenvalue weighted by Crippen LogP contribution is -2.46. The van der Waals surface area contributed by atoms with Crippen LogP contribution >= 0.6 is 0 Å². The van der Waals surface area contributed by atoms with Gasteiger partial charge in [0.1, 0.15) is 6.10 Å². The third-order valence-corrected chi connectivity index (χ3v) is 4.67. The highest BCUT2D eigenvalue weighted by atomic mass is 16.5. The number of aromatic nitrogens is 2. The second-order valence-electron chi connectivity index (χ2n) is 6.57. The van der Waals surface area contributed by atoms with Crippen LogP contribution in [0.4, 0.5) is 10.5 Å². The predicted octanol–water partition coefficient (Wildman–Crippen LogP) is 2.59. The highest BCUT2D eigenvalue weighted by Crippen LogP contribution is 2.40. The van der Waals surface area contributed by atoms with Crippen LogP contribution in [0.1, 0.15) is 12.8 Å². The van der Waals surface area contributed by atoms with Crippen molar-refractivity contribution in [1.29, 1.82) is 0 Å². The summed E-state index contributed by atoms with van der Waals surface area (Å²) in [7, 11) is 6.09. The van der Waals surface area contributed by atoms with Crippen LogP contribution in [0.25, 0.3) is 0 Å². The van der Waals surface area contributed by atoms with E-state index >= 15 is 0 Å². The molecule has 2 heterocycles. The fourth-order valence-electron chi connectivity index (χ4n) is 3.23. The molecule has 10 nitrogen and oxygen atoms in total. The SMILES string of the molecule is COc1cncc(OC2CCCN(C(=O)Nc3cc(OC)c(OC)c(OC)c3)C2)n1. The van der Waals surface area contributed by atoms with E-state index in [4.69, 9.17) is 23.7 Å². The first-order valence-electron chi connectivity index (χ1n) is 9.46. The number of hydrogen-bond donors (Lipinski definition) is 1. The van der Waals surface area contributed by atoms with E-state index in [1.54, 1.807) is 17.0 Å². The Morgan fingerprint density at radius 1 is 1.03 bits per heavy atom. The molecule has 1 aromatic heterocycles. The number of carbonyl (C=O) groups excluding carboxylic acids is 1. The van der Waals surface area contributed by atoms with Gasteiger partial charge in [0, 0.05) is 18.7 Å². The van der Waals surface area contributed by atoms with Gasteiger partial charge < -0.3 is 33.9 Å². The van der Waals surface area contributed by atoms with Gasteiger partial charge in [0.25, 0.3) is 0 Å². The van der Waals surface area contributed by atoms with Crippen LogP contribution in [-0.4, -0.2) is 68.5 Å². The molecule has 10 heteroatoms. The minimum Gasteiger partial charge on any atom is -0.493 e. The van der Waals surface area contributed by atoms with Gasteiger partial charge in [-0.3, -0.25) is 4.98 Å². The summed E-state index contributed by atoms with van der Waals surface area (Å²) in [6.07, 6.45) is 4.46. The van der Waals surface area contributed by atoms with Gasteiger partial charge >= 0.3 is 6.03 Å². The predicted molar refractivity (Wildman–Crippen MR) is 109 cm³/mol. The van der Waals surface area contributed by atoms with Crippen LogP contribution < -0.4 is 29.0 Å². The number of piperidine rings is 1. The Labute approximate surface area is 175 Å². The van der Waals surface area contributed by atoms with Crippen molar-refractivity contribution in [3.63, 3.8) is 0 Å². The number of anilines is 1. The summed E-state index contributed by atoms with van der Waals surface area (Å²) < 4.78 is 26.9. The lowest BCUT2D eigenvalue weighted by Gasteiger charge is -2.32. The Morgan fingerprint density at radius 3 is 2.37 bits per heavy atom. The minimum atomic E-state index is -0.241. The molecule has 1 atom stereocenters. The van der Waals surface area contributed by atoms with Crippen molar-refractivity contribution >= 4 is 11.7 Å². The zero-order chi connectivity index (χ0) is 21.5. The number of benzene rings is 1. The Hall–Kier alpha value is -3.43. The number of amides is 2. The molecule has 0 radical (unpaired) electrons. The summed E-state index contributed by atoms with van der Waals surface area (Å²) >= 11 is 0. The van der Waals surface area contributed by atoms with Crippen molar-refractivity contribution in [3.8, 4) is 29.0 Å². The number of likely N-dealkylation sites (tertiary alicyclic amines) is 1. The average Bonchev–Trinajstić information content (AvgIpc) is 2.78. The number of ether oxygens (including phenoxy) is 5. The van der Waals surface area contributed by atoms with Crippen LogP contribution in [0.15, 0.2) is 24.5 Å². The normalized spacial score (nSPS) is 15.9. The third kappa shape index (κ3) is 4.94. The molecule has 0 aliphatic carbocycles. The molecule has 2 aromatic rings. The van der Waals surface area contributed by atoms with E-state index in [2.05, 4.69) is 15.3 Å². The maximum Gasteiger partial charge on any atom is 0.321 e. The minimum absolute atomic E-state index is 0.189. The van der Waals surface area contributed by atoms with Gasteiger partial charge in [0.15, 0.2) is 11.5 Å². The highest BCUT2D eigenvalue weighted by molar-refractivity contribution is 5.90. The first-order valence-corrected chi connectivity index (χ1v) is 9.46. The number of urea groups is 1. The average molecular weight is 418 g/mol. The van der Waals surface area contributed by atoms with Crippen molar-refractivity contribution in [2.24, 2.45) is 0 Å². The van der Waals surface area contributed by atoms with Crippen molar-refractivity contribution in [2.75, 3.05) is 46.8 Å². The number of rotatable bonds is 7. The van der Waals surface area contributed by atoms with Crippen molar-refractivity contribution in [1.82, 2.24) is 14.9 Å². The van der Waals surface area contributed by atoms with E-state index in [-0.39, 0.29) is 12.1 Å².